The summed E-state index contributed by atoms with van der Waals surface area (Å²) in [4.78, 5) is 19.1. The van der Waals surface area contributed by atoms with Gasteiger partial charge in [0.05, 0.1) is 10.6 Å². The second-order valence-electron chi connectivity index (χ2n) is 8.64. The zero-order valence-electron chi connectivity index (χ0n) is 17.3. The number of fused-ring (bicyclic) bond motifs is 1. The fourth-order valence-corrected chi connectivity index (χ4v) is 4.88. The number of aliphatic hydroxyl groups is 1. The summed E-state index contributed by atoms with van der Waals surface area (Å²) in [7, 11) is 0. The molecule has 7 heteroatoms. The molecule has 0 bridgehead atoms. The number of β-amino-alcohol motifs (C(OH)–C–C–N with tert-alkyl or cyclic N) is 1. The molecule has 2 heterocycles. The molecule has 6 nitrogen and oxygen atoms in total. The summed E-state index contributed by atoms with van der Waals surface area (Å²) in [6, 6.07) is 7.37. The van der Waals surface area contributed by atoms with Crippen LogP contribution >= 0.6 is 11.6 Å². The predicted molar refractivity (Wildman–Crippen MR) is 118 cm³/mol. The minimum absolute atomic E-state index is 0.0483. The van der Waals surface area contributed by atoms with Gasteiger partial charge in [0.25, 0.3) is 5.91 Å². The maximum atomic E-state index is 12.4. The van der Waals surface area contributed by atoms with Crippen LogP contribution in [-0.4, -0.2) is 58.8 Å². The molecule has 1 aliphatic carbocycles. The highest BCUT2D eigenvalue weighted by Crippen LogP contribution is 2.30. The smallest absolute Gasteiger partial charge is 0.258 e. The minimum Gasteiger partial charge on any atom is -0.481 e. The first-order chi connectivity index (χ1) is 14.5. The normalized spacial score (nSPS) is 20.2. The Morgan fingerprint density at radius 1 is 1.23 bits per heavy atom. The molecule has 0 spiro atoms. The van der Waals surface area contributed by atoms with E-state index in [-0.39, 0.29) is 18.6 Å². The number of hydrogen-bond acceptors (Lipinski definition) is 5. The molecule has 0 atom stereocenters. The van der Waals surface area contributed by atoms with E-state index in [0.29, 0.717) is 16.3 Å². The Morgan fingerprint density at radius 2 is 2.00 bits per heavy atom. The number of benzene rings is 1. The molecule has 162 valence electrons. The number of hydrogen-bond donors (Lipinski definition) is 2. The van der Waals surface area contributed by atoms with Gasteiger partial charge in [-0.05, 0) is 49.9 Å². The number of carbonyl (C=O) groups excluding carboxylic acids is 1. The number of aromatic nitrogens is 1. The van der Waals surface area contributed by atoms with Gasteiger partial charge in [0.15, 0.2) is 6.61 Å². The zero-order chi connectivity index (χ0) is 21.0. The van der Waals surface area contributed by atoms with Gasteiger partial charge in [-0.15, -0.1) is 0 Å². The molecular weight excluding hydrogens is 402 g/mol. The Balaban J connectivity index is 1.23. The summed E-state index contributed by atoms with van der Waals surface area (Å²) in [5.41, 5.74) is 0.143. The minimum atomic E-state index is -0.516. The lowest BCUT2D eigenvalue weighted by Gasteiger charge is -2.40. The first kappa shape index (κ1) is 21.3. The summed E-state index contributed by atoms with van der Waals surface area (Å²) in [5.74, 6) is 0.430. The van der Waals surface area contributed by atoms with Crippen LogP contribution in [0.25, 0.3) is 10.9 Å². The van der Waals surface area contributed by atoms with E-state index in [0.717, 1.165) is 63.5 Å². The molecule has 1 saturated heterocycles. The van der Waals surface area contributed by atoms with Gasteiger partial charge >= 0.3 is 0 Å². The highest BCUT2D eigenvalue weighted by molar-refractivity contribution is 6.35. The molecule has 2 aromatic rings. The first-order valence-corrected chi connectivity index (χ1v) is 11.3. The van der Waals surface area contributed by atoms with Crippen molar-refractivity contribution in [1.29, 1.82) is 0 Å². The van der Waals surface area contributed by atoms with Gasteiger partial charge in [0, 0.05) is 37.3 Å². The largest absolute Gasteiger partial charge is 0.481 e. The topological polar surface area (TPSA) is 74.7 Å². The van der Waals surface area contributed by atoms with E-state index in [9.17, 15) is 9.90 Å². The predicted octanol–water partition coefficient (Wildman–Crippen LogP) is 3.54. The Kier molecular flexibility index (Phi) is 6.76. The van der Waals surface area contributed by atoms with Crippen LogP contribution in [0.15, 0.2) is 30.5 Å². The summed E-state index contributed by atoms with van der Waals surface area (Å²) in [6.45, 7) is 2.51. The van der Waals surface area contributed by atoms with Gasteiger partial charge in [-0.2, -0.15) is 0 Å². The van der Waals surface area contributed by atoms with Crippen LogP contribution < -0.4 is 10.1 Å². The van der Waals surface area contributed by atoms with Crippen LogP contribution in [-0.2, 0) is 4.79 Å². The average Bonchev–Trinajstić information content (AvgIpc) is 2.75. The van der Waals surface area contributed by atoms with E-state index in [1.165, 1.54) is 6.42 Å². The fraction of sp³-hybridized carbons (Fsp3) is 0.565. The number of carbonyl (C=O) groups is 1. The number of pyridine rings is 1. The standard InChI is InChI=1S/C23H30ClN3O3/c24-19-6-7-20(22-18(19)5-4-12-25-22)30-15-21(28)26-17-8-13-27(14-9-17)16-23(29)10-2-1-3-11-23/h4-7,12,17,29H,1-3,8-11,13-16H2,(H,26,28). The van der Waals surface area contributed by atoms with E-state index < -0.39 is 5.60 Å². The number of nitrogens with zero attached hydrogens (tertiary/aromatic N) is 2. The molecule has 2 aliphatic rings. The molecule has 4 rings (SSSR count). The highest BCUT2D eigenvalue weighted by atomic mass is 35.5. The monoisotopic (exact) mass is 431 g/mol. The summed E-state index contributed by atoms with van der Waals surface area (Å²) >= 11 is 6.21. The van der Waals surface area contributed by atoms with Crippen molar-refractivity contribution in [3.05, 3.63) is 35.5 Å². The Morgan fingerprint density at radius 3 is 2.77 bits per heavy atom. The molecule has 30 heavy (non-hydrogen) atoms. The second kappa shape index (κ2) is 9.50. The van der Waals surface area contributed by atoms with Gasteiger partial charge in [0.2, 0.25) is 0 Å². The maximum absolute atomic E-state index is 12.4. The molecule has 1 aromatic carbocycles. The number of likely N-dealkylation sites (tertiary alicyclic amines) is 1. The number of amides is 1. The lowest BCUT2D eigenvalue weighted by Crippen LogP contribution is -2.50. The second-order valence-corrected chi connectivity index (χ2v) is 9.04. The third kappa shape index (κ3) is 5.23. The molecule has 2 N–H and O–H groups in total. The van der Waals surface area contributed by atoms with Gasteiger partial charge in [0.1, 0.15) is 11.3 Å². The van der Waals surface area contributed by atoms with Crippen molar-refractivity contribution in [3.8, 4) is 5.75 Å². The van der Waals surface area contributed by atoms with Crippen LogP contribution in [0.5, 0.6) is 5.75 Å². The van der Waals surface area contributed by atoms with E-state index in [1.807, 2.05) is 12.1 Å². The third-order valence-electron chi connectivity index (χ3n) is 6.29. The lowest BCUT2D eigenvalue weighted by atomic mass is 9.84. The fourth-order valence-electron chi connectivity index (χ4n) is 4.66. The number of piperidine rings is 1. The van der Waals surface area contributed by atoms with Crippen molar-refractivity contribution >= 4 is 28.4 Å². The van der Waals surface area contributed by atoms with Crippen molar-refractivity contribution in [2.75, 3.05) is 26.2 Å². The highest BCUT2D eigenvalue weighted by Gasteiger charge is 2.32. The number of halogens is 1. The molecule has 1 saturated carbocycles. The van der Waals surface area contributed by atoms with Gasteiger partial charge in [-0.3, -0.25) is 9.78 Å². The van der Waals surface area contributed by atoms with Crippen molar-refractivity contribution in [3.63, 3.8) is 0 Å². The summed E-state index contributed by atoms with van der Waals surface area (Å²) in [6.07, 6.45) is 8.79. The van der Waals surface area contributed by atoms with Crippen LogP contribution in [0, 0.1) is 0 Å². The Labute approximate surface area is 182 Å². The molecule has 0 radical (unpaired) electrons. The molecule has 1 amide bonds. The van der Waals surface area contributed by atoms with Gasteiger partial charge in [-0.1, -0.05) is 30.9 Å². The van der Waals surface area contributed by atoms with Crippen LogP contribution in [0.4, 0.5) is 0 Å². The Bertz CT molecular complexity index is 877. The van der Waals surface area contributed by atoms with E-state index in [2.05, 4.69) is 15.2 Å². The summed E-state index contributed by atoms with van der Waals surface area (Å²) in [5, 5.41) is 15.3. The molecule has 1 aromatic heterocycles. The average molecular weight is 432 g/mol. The zero-order valence-corrected chi connectivity index (χ0v) is 18.0. The van der Waals surface area contributed by atoms with E-state index >= 15 is 0 Å². The van der Waals surface area contributed by atoms with Crippen molar-refractivity contribution in [1.82, 2.24) is 15.2 Å². The van der Waals surface area contributed by atoms with Gasteiger partial charge in [-0.25, -0.2) is 0 Å². The van der Waals surface area contributed by atoms with Crippen molar-refractivity contribution in [2.45, 2.75) is 56.6 Å². The lowest BCUT2D eigenvalue weighted by molar-refractivity contribution is -0.124. The molecule has 1 aliphatic heterocycles. The van der Waals surface area contributed by atoms with Crippen LogP contribution in [0.2, 0.25) is 5.02 Å². The number of ether oxygens (including phenoxy) is 1. The summed E-state index contributed by atoms with van der Waals surface area (Å²) < 4.78 is 5.74. The van der Waals surface area contributed by atoms with E-state index in [1.54, 1.807) is 18.3 Å². The third-order valence-corrected chi connectivity index (χ3v) is 6.62. The van der Waals surface area contributed by atoms with Crippen molar-refractivity contribution in [2.24, 2.45) is 0 Å². The van der Waals surface area contributed by atoms with Gasteiger partial charge < -0.3 is 20.1 Å². The first-order valence-electron chi connectivity index (χ1n) is 10.9. The van der Waals surface area contributed by atoms with Crippen LogP contribution in [0.3, 0.4) is 0 Å². The Hall–Kier alpha value is -1.89. The maximum Gasteiger partial charge on any atom is 0.258 e. The van der Waals surface area contributed by atoms with E-state index in [4.69, 9.17) is 16.3 Å². The quantitative estimate of drug-likeness (QED) is 0.731. The SMILES string of the molecule is O=C(COc1ccc(Cl)c2cccnc12)NC1CCN(CC2(O)CCCCC2)CC1. The molecule has 0 unspecified atom stereocenters. The van der Waals surface area contributed by atoms with Crippen molar-refractivity contribution < 1.29 is 14.6 Å². The molecular formula is C23H30ClN3O3. The number of nitrogens with one attached hydrogen (secondary N) is 1. The van der Waals surface area contributed by atoms with Crippen LogP contribution in [0.1, 0.15) is 44.9 Å². The number of rotatable bonds is 6. The molecule has 2 fully saturated rings.